The molecule has 0 heterocycles. The Labute approximate surface area is 80.3 Å². The summed E-state index contributed by atoms with van der Waals surface area (Å²) in [4.78, 5) is 11.3. The van der Waals surface area contributed by atoms with Crippen LogP contribution < -0.4 is 0 Å². The first kappa shape index (κ1) is 11.9. The summed E-state index contributed by atoms with van der Waals surface area (Å²) in [6.45, 7) is 9.56. The zero-order valence-electron chi connectivity index (χ0n) is 8.51. The molecule has 0 N–H and O–H groups in total. The summed E-state index contributed by atoms with van der Waals surface area (Å²) in [6, 6.07) is 0. The number of allylic oxidation sites excluding steroid dienone is 1. The maximum atomic E-state index is 11.3. The second kappa shape index (κ2) is 6.46. The molecule has 2 heteroatoms. The molecule has 0 radical (unpaired) electrons. The summed E-state index contributed by atoms with van der Waals surface area (Å²) in [7, 11) is 1.40. The Morgan fingerprint density at radius 3 is 2.62 bits per heavy atom. The van der Waals surface area contributed by atoms with Crippen molar-refractivity contribution in [2.75, 3.05) is 7.11 Å². The lowest BCUT2D eigenvalue weighted by molar-refractivity contribution is -0.144. The van der Waals surface area contributed by atoms with Crippen LogP contribution in [0.15, 0.2) is 24.8 Å². The van der Waals surface area contributed by atoms with E-state index in [1.165, 1.54) is 7.11 Å². The van der Waals surface area contributed by atoms with Gasteiger partial charge in [0, 0.05) is 0 Å². The first-order valence-corrected chi connectivity index (χ1v) is 4.53. The van der Waals surface area contributed by atoms with Gasteiger partial charge >= 0.3 is 5.97 Å². The third-order valence-electron chi connectivity index (χ3n) is 1.95. The molecule has 0 bridgehead atoms. The van der Waals surface area contributed by atoms with Gasteiger partial charge in [-0.05, 0) is 12.8 Å². The van der Waals surface area contributed by atoms with Crippen LogP contribution in [0.25, 0.3) is 0 Å². The SMILES string of the molecule is C=CCC(C(=C)CCC)C(=O)OC. The number of carbonyl (C=O) groups excluding carboxylic acids is 1. The number of ether oxygens (including phenoxy) is 1. The van der Waals surface area contributed by atoms with Crippen LogP contribution in [0.1, 0.15) is 26.2 Å². The molecular weight excluding hydrogens is 164 g/mol. The molecule has 0 aromatic heterocycles. The van der Waals surface area contributed by atoms with Crippen molar-refractivity contribution >= 4 is 5.97 Å². The first-order valence-electron chi connectivity index (χ1n) is 4.53. The van der Waals surface area contributed by atoms with Gasteiger partial charge in [-0.25, -0.2) is 0 Å². The average Bonchev–Trinajstić information content (AvgIpc) is 2.13. The molecule has 0 aliphatic rings. The van der Waals surface area contributed by atoms with E-state index in [9.17, 15) is 4.79 Å². The molecule has 1 atom stereocenters. The normalized spacial score (nSPS) is 11.8. The fourth-order valence-corrected chi connectivity index (χ4v) is 1.23. The van der Waals surface area contributed by atoms with Crippen molar-refractivity contribution in [3.05, 3.63) is 24.8 Å². The summed E-state index contributed by atoms with van der Waals surface area (Å²) in [5.74, 6) is -0.416. The molecule has 0 fully saturated rings. The van der Waals surface area contributed by atoms with Crippen LogP contribution in [-0.2, 0) is 9.53 Å². The van der Waals surface area contributed by atoms with E-state index in [0.29, 0.717) is 6.42 Å². The number of rotatable bonds is 6. The van der Waals surface area contributed by atoms with E-state index in [4.69, 9.17) is 0 Å². The number of hydrogen-bond donors (Lipinski definition) is 0. The van der Waals surface area contributed by atoms with Gasteiger partial charge in [0.05, 0.1) is 13.0 Å². The molecule has 0 amide bonds. The monoisotopic (exact) mass is 182 g/mol. The van der Waals surface area contributed by atoms with Crippen LogP contribution in [0.4, 0.5) is 0 Å². The zero-order chi connectivity index (χ0) is 10.3. The second-order valence-electron chi connectivity index (χ2n) is 3.01. The van der Waals surface area contributed by atoms with Crippen LogP contribution >= 0.6 is 0 Å². The van der Waals surface area contributed by atoms with Crippen molar-refractivity contribution in [2.45, 2.75) is 26.2 Å². The molecule has 0 saturated carbocycles. The number of carbonyl (C=O) groups is 1. The van der Waals surface area contributed by atoms with Gasteiger partial charge in [-0.2, -0.15) is 0 Å². The number of esters is 1. The quantitative estimate of drug-likeness (QED) is 0.466. The van der Waals surface area contributed by atoms with E-state index in [0.717, 1.165) is 18.4 Å². The van der Waals surface area contributed by atoms with Gasteiger partial charge in [0.15, 0.2) is 0 Å². The fourth-order valence-electron chi connectivity index (χ4n) is 1.23. The lowest BCUT2D eigenvalue weighted by Gasteiger charge is -2.14. The Morgan fingerprint density at radius 1 is 1.62 bits per heavy atom. The van der Waals surface area contributed by atoms with Crippen LogP contribution in [0.3, 0.4) is 0 Å². The van der Waals surface area contributed by atoms with Crippen molar-refractivity contribution in [2.24, 2.45) is 5.92 Å². The summed E-state index contributed by atoms with van der Waals surface area (Å²) in [5.41, 5.74) is 0.939. The predicted molar refractivity (Wildman–Crippen MR) is 54.4 cm³/mol. The molecule has 13 heavy (non-hydrogen) atoms. The van der Waals surface area contributed by atoms with Crippen LogP contribution in [0.2, 0.25) is 0 Å². The Bertz CT molecular complexity index is 194. The van der Waals surface area contributed by atoms with Gasteiger partial charge < -0.3 is 4.74 Å². The van der Waals surface area contributed by atoms with Crippen molar-refractivity contribution in [1.29, 1.82) is 0 Å². The van der Waals surface area contributed by atoms with Crippen molar-refractivity contribution < 1.29 is 9.53 Å². The minimum Gasteiger partial charge on any atom is -0.469 e. The smallest absolute Gasteiger partial charge is 0.313 e. The number of hydrogen-bond acceptors (Lipinski definition) is 2. The Hall–Kier alpha value is -1.05. The van der Waals surface area contributed by atoms with E-state index in [1.54, 1.807) is 6.08 Å². The fraction of sp³-hybridized carbons (Fsp3) is 0.545. The van der Waals surface area contributed by atoms with E-state index in [2.05, 4.69) is 24.8 Å². The minimum absolute atomic E-state index is 0.206. The Balaban J connectivity index is 4.30. The topological polar surface area (TPSA) is 26.3 Å². The molecule has 0 aromatic carbocycles. The maximum Gasteiger partial charge on any atom is 0.313 e. The highest BCUT2D eigenvalue weighted by atomic mass is 16.5. The third kappa shape index (κ3) is 3.92. The first-order chi connectivity index (χ1) is 6.17. The lowest BCUT2D eigenvalue weighted by Crippen LogP contribution is -2.17. The maximum absolute atomic E-state index is 11.3. The van der Waals surface area contributed by atoms with Gasteiger partial charge in [-0.1, -0.05) is 31.6 Å². The Kier molecular flexibility index (Phi) is 5.94. The lowest BCUT2D eigenvalue weighted by atomic mass is 9.94. The van der Waals surface area contributed by atoms with Gasteiger partial charge in [0.2, 0.25) is 0 Å². The molecular formula is C11H18O2. The average molecular weight is 182 g/mol. The largest absolute Gasteiger partial charge is 0.469 e. The Morgan fingerprint density at radius 2 is 2.23 bits per heavy atom. The van der Waals surface area contributed by atoms with Crippen LogP contribution in [-0.4, -0.2) is 13.1 Å². The molecule has 74 valence electrons. The standard InChI is InChI=1S/C11H18O2/c1-5-7-9(3)10(8-6-2)11(12)13-4/h6,10H,2-3,5,7-8H2,1,4H3. The van der Waals surface area contributed by atoms with E-state index in [-0.39, 0.29) is 11.9 Å². The van der Waals surface area contributed by atoms with Gasteiger partial charge in [-0.15, -0.1) is 6.58 Å². The summed E-state index contributed by atoms with van der Waals surface area (Å²) in [6.07, 6.45) is 4.21. The van der Waals surface area contributed by atoms with Crippen molar-refractivity contribution in [1.82, 2.24) is 0 Å². The van der Waals surface area contributed by atoms with Crippen LogP contribution in [0.5, 0.6) is 0 Å². The van der Waals surface area contributed by atoms with Crippen molar-refractivity contribution in [3.63, 3.8) is 0 Å². The molecule has 1 unspecified atom stereocenters. The molecule has 0 rings (SSSR count). The van der Waals surface area contributed by atoms with Gasteiger partial charge in [0.25, 0.3) is 0 Å². The molecule has 0 saturated heterocycles. The molecule has 0 aliphatic carbocycles. The molecule has 0 aromatic rings. The third-order valence-corrected chi connectivity index (χ3v) is 1.95. The summed E-state index contributed by atoms with van der Waals surface area (Å²) < 4.78 is 4.68. The van der Waals surface area contributed by atoms with Crippen molar-refractivity contribution in [3.8, 4) is 0 Å². The summed E-state index contributed by atoms with van der Waals surface area (Å²) >= 11 is 0. The summed E-state index contributed by atoms with van der Waals surface area (Å²) in [5, 5.41) is 0. The van der Waals surface area contributed by atoms with Gasteiger partial charge in [0.1, 0.15) is 0 Å². The van der Waals surface area contributed by atoms with E-state index in [1.807, 2.05) is 0 Å². The molecule has 0 spiro atoms. The molecule has 2 nitrogen and oxygen atoms in total. The van der Waals surface area contributed by atoms with E-state index >= 15 is 0 Å². The highest BCUT2D eigenvalue weighted by Crippen LogP contribution is 2.20. The number of methoxy groups -OCH3 is 1. The predicted octanol–water partition coefficient (Wildman–Crippen LogP) is 2.71. The van der Waals surface area contributed by atoms with E-state index < -0.39 is 0 Å². The zero-order valence-corrected chi connectivity index (χ0v) is 8.51. The highest BCUT2D eigenvalue weighted by Gasteiger charge is 2.19. The minimum atomic E-state index is -0.210. The molecule has 0 aliphatic heterocycles. The van der Waals surface area contributed by atoms with Crippen LogP contribution in [0, 0.1) is 5.92 Å². The highest BCUT2D eigenvalue weighted by molar-refractivity contribution is 5.75. The van der Waals surface area contributed by atoms with Gasteiger partial charge in [-0.3, -0.25) is 4.79 Å². The second-order valence-corrected chi connectivity index (χ2v) is 3.01.